The number of carbonyl (C=O) groups is 1. The minimum atomic E-state index is -0.0506. The summed E-state index contributed by atoms with van der Waals surface area (Å²) in [5.41, 5.74) is 1.99. The van der Waals surface area contributed by atoms with Gasteiger partial charge in [0.15, 0.2) is 0 Å². The number of nitrogens with one attached hydrogen (secondary N) is 1. The summed E-state index contributed by atoms with van der Waals surface area (Å²) in [6.45, 7) is 8.45. The van der Waals surface area contributed by atoms with Gasteiger partial charge in [0.1, 0.15) is 5.75 Å². The van der Waals surface area contributed by atoms with E-state index in [0.29, 0.717) is 19.1 Å². The van der Waals surface area contributed by atoms with Crippen LogP contribution in [-0.4, -0.2) is 28.6 Å². The third-order valence-electron chi connectivity index (χ3n) is 4.39. The molecule has 5 heteroatoms. The van der Waals surface area contributed by atoms with Crippen molar-refractivity contribution in [2.75, 3.05) is 18.5 Å². The van der Waals surface area contributed by atoms with Crippen molar-refractivity contribution in [2.45, 2.75) is 33.4 Å². The number of amides is 2. The van der Waals surface area contributed by atoms with E-state index in [2.05, 4.69) is 42.1 Å². The van der Waals surface area contributed by atoms with Crippen LogP contribution in [0.5, 0.6) is 5.75 Å². The Bertz CT molecular complexity index is 691. The normalized spacial score (nSPS) is 16.8. The van der Waals surface area contributed by atoms with E-state index >= 15 is 0 Å². The highest BCUT2D eigenvalue weighted by Gasteiger charge is 2.32. The van der Waals surface area contributed by atoms with E-state index in [1.165, 1.54) is 5.69 Å². The molecule has 2 amide bonds. The van der Waals surface area contributed by atoms with E-state index in [9.17, 15) is 4.79 Å². The Hall–Kier alpha value is -2.43. The Labute approximate surface area is 143 Å². The average molecular weight is 327 g/mol. The molecule has 1 aromatic heterocycles. The van der Waals surface area contributed by atoms with Crippen LogP contribution in [0.15, 0.2) is 42.6 Å². The number of nitrogens with zero attached hydrogens (tertiary/aromatic N) is 2. The first-order valence-corrected chi connectivity index (χ1v) is 8.55. The van der Waals surface area contributed by atoms with E-state index in [0.717, 1.165) is 18.0 Å². The molecule has 0 spiro atoms. The highest BCUT2D eigenvalue weighted by molar-refractivity contribution is 5.89. The average Bonchev–Trinajstić information content (AvgIpc) is 3.04. The second-order valence-corrected chi connectivity index (χ2v) is 6.40. The van der Waals surface area contributed by atoms with Crippen LogP contribution in [0, 0.1) is 5.92 Å². The summed E-state index contributed by atoms with van der Waals surface area (Å²) in [6.07, 6.45) is 2.09. The van der Waals surface area contributed by atoms with Crippen molar-refractivity contribution >= 4 is 11.7 Å². The topological polar surface area (TPSA) is 46.5 Å². The lowest BCUT2D eigenvalue weighted by Gasteiger charge is -2.39. The zero-order chi connectivity index (χ0) is 17.1. The third-order valence-corrected chi connectivity index (χ3v) is 4.39. The SMILES string of the molecule is CCOc1ccc(NC(=O)N2CCn3cccc3C2C(C)C)cc1. The van der Waals surface area contributed by atoms with E-state index in [4.69, 9.17) is 4.74 Å². The van der Waals surface area contributed by atoms with Crippen LogP contribution < -0.4 is 10.1 Å². The van der Waals surface area contributed by atoms with Crippen molar-refractivity contribution in [2.24, 2.45) is 5.92 Å². The molecule has 1 unspecified atom stereocenters. The molecule has 128 valence electrons. The molecule has 0 aliphatic carbocycles. The van der Waals surface area contributed by atoms with E-state index < -0.39 is 0 Å². The Kier molecular flexibility index (Phi) is 4.79. The highest BCUT2D eigenvalue weighted by atomic mass is 16.5. The van der Waals surface area contributed by atoms with Crippen LogP contribution in [0.2, 0.25) is 0 Å². The maximum absolute atomic E-state index is 12.8. The van der Waals surface area contributed by atoms with Gasteiger partial charge in [0, 0.05) is 30.7 Å². The highest BCUT2D eigenvalue weighted by Crippen LogP contribution is 2.32. The van der Waals surface area contributed by atoms with Gasteiger partial charge in [-0.25, -0.2) is 4.79 Å². The summed E-state index contributed by atoms with van der Waals surface area (Å²) < 4.78 is 7.68. The zero-order valence-corrected chi connectivity index (χ0v) is 14.5. The quantitative estimate of drug-likeness (QED) is 0.917. The molecule has 0 fully saturated rings. The van der Waals surface area contributed by atoms with Gasteiger partial charge in [-0.3, -0.25) is 0 Å². The molecule has 1 aliphatic rings. The number of ether oxygens (including phenoxy) is 1. The summed E-state index contributed by atoms with van der Waals surface area (Å²) in [7, 11) is 0. The standard InChI is InChI=1S/C19H25N3O2/c1-4-24-16-9-7-15(8-10-16)20-19(23)22-13-12-21-11-5-6-17(21)18(22)14(2)3/h5-11,14,18H,4,12-13H2,1-3H3,(H,20,23). The number of hydrogen-bond donors (Lipinski definition) is 1. The van der Waals surface area contributed by atoms with Gasteiger partial charge in [0.25, 0.3) is 0 Å². The number of hydrogen-bond acceptors (Lipinski definition) is 2. The lowest BCUT2D eigenvalue weighted by Crippen LogP contribution is -2.45. The second-order valence-electron chi connectivity index (χ2n) is 6.40. The molecule has 0 bridgehead atoms. The molecular weight excluding hydrogens is 302 g/mol. The van der Waals surface area contributed by atoms with Gasteiger partial charge in [-0.1, -0.05) is 13.8 Å². The molecular formula is C19H25N3O2. The molecule has 1 atom stereocenters. The van der Waals surface area contributed by atoms with E-state index in [1.54, 1.807) is 0 Å². The first-order chi connectivity index (χ1) is 11.6. The summed E-state index contributed by atoms with van der Waals surface area (Å²) in [5, 5.41) is 3.01. The first kappa shape index (κ1) is 16.4. The van der Waals surface area contributed by atoms with Crippen molar-refractivity contribution in [1.82, 2.24) is 9.47 Å². The fourth-order valence-electron chi connectivity index (χ4n) is 3.34. The predicted molar refractivity (Wildman–Crippen MR) is 95.3 cm³/mol. The molecule has 0 radical (unpaired) electrons. The van der Waals surface area contributed by atoms with Crippen LogP contribution in [-0.2, 0) is 6.54 Å². The van der Waals surface area contributed by atoms with Gasteiger partial charge in [-0.05, 0) is 49.2 Å². The van der Waals surface area contributed by atoms with Crippen LogP contribution in [0.4, 0.5) is 10.5 Å². The molecule has 2 aromatic rings. The Morgan fingerprint density at radius 3 is 2.67 bits per heavy atom. The van der Waals surface area contributed by atoms with Gasteiger partial charge in [-0.2, -0.15) is 0 Å². The number of urea groups is 1. The van der Waals surface area contributed by atoms with Crippen LogP contribution >= 0.6 is 0 Å². The van der Waals surface area contributed by atoms with Crippen LogP contribution in [0.25, 0.3) is 0 Å². The minimum Gasteiger partial charge on any atom is -0.494 e. The Balaban J connectivity index is 1.74. The summed E-state index contributed by atoms with van der Waals surface area (Å²) in [4.78, 5) is 14.7. The predicted octanol–water partition coefficient (Wildman–Crippen LogP) is 4.13. The van der Waals surface area contributed by atoms with Crippen LogP contribution in [0.3, 0.4) is 0 Å². The molecule has 5 nitrogen and oxygen atoms in total. The summed E-state index contributed by atoms with van der Waals surface area (Å²) in [5.74, 6) is 1.16. The minimum absolute atomic E-state index is 0.0506. The van der Waals surface area contributed by atoms with Crippen LogP contribution in [0.1, 0.15) is 32.5 Å². The van der Waals surface area contributed by atoms with E-state index in [-0.39, 0.29) is 12.1 Å². The fourth-order valence-corrected chi connectivity index (χ4v) is 3.34. The van der Waals surface area contributed by atoms with Gasteiger partial charge in [-0.15, -0.1) is 0 Å². The maximum atomic E-state index is 12.8. The molecule has 1 N–H and O–H groups in total. The number of aromatic nitrogens is 1. The van der Waals surface area contributed by atoms with Crippen molar-refractivity contribution in [3.05, 3.63) is 48.3 Å². The smallest absolute Gasteiger partial charge is 0.322 e. The van der Waals surface area contributed by atoms with Crippen molar-refractivity contribution in [3.8, 4) is 5.75 Å². The molecule has 24 heavy (non-hydrogen) atoms. The van der Waals surface area contributed by atoms with Gasteiger partial charge < -0.3 is 19.5 Å². The number of carbonyl (C=O) groups excluding carboxylic acids is 1. The van der Waals surface area contributed by atoms with Crippen molar-refractivity contribution in [1.29, 1.82) is 0 Å². The van der Waals surface area contributed by atoms with E-state index in [1.807, 2.05) is 36.1 Å². The molecule has 0 saturated carbocycles. The van der Waals surface area contributed by atoms with Crippen molar-refractivity contribution < 1.29 is 9.53 Å². The van der Waals surface area contributed by atoms with Gasteiger partial charge in [0.2, 0.25) is 0 Å². The number of anilines is 1. The molecule has 0 saturated heterocycles. The largest absolute Gasteiger partial charge is 0.494 e. The lowest BCUT2D eigenvalue weighted by atomic mass is 9.97. The third kappa shape index (κ3) is 3.25. The second kappa shape index (κ2) is 6.99. The lowest BCUT2D eigenvalue weighted by molar-refractivity contribution is 0.144. The number of fused-ring (bicyclic) bond motifs is 1. The van der Waals surface area contributed by atoms with Gasteiger partial charge >= 0.3 is 6.03 Å². The molecule has 1 aliphatic heterocycles. The maximum Gasteiger partial charge on any atom is 0.322 e. The Morgan fingerprint density at radius 1 is 1.25 bits per heavy atom. The first-order valence-electron chi connectivity index (χ1n) is 8.55. The molecule has 2 heterocycles. The summed E-state index contributed by atoms with van der Waals surface area (Å²) >= 11 is 0. The van der Waals surface area contributed by atoms with Crippen molar-refractivity contribution in [3.63, 3.8) is 0 Å². The number of benzene rings is 1. The fraction of sp³-hybridized carbons (Fsp3) is 0.421. The van der Waals surface area contributed by atoms with Gasteiger partial charge in [0.05, 0.1) is 12.6 Å². The molecule has 1 aromatic carbocycles. The Morgan fingerprint density at radius 2 is 2.00 bits per heavy atom. The molecule has 3 rings (SSSR count). The monoisotopic (exact) mass is 327 g/mol. The number of rotatable bonds is 4. The summed E-state index contributed by atoms with van der Waals surface area (Å²) in [6, 6.07) is 11.7. The zero-order valence-electron chi connectivity index (χ0n) is 14.5.